The van der Waals surface area contributed by atoms with Gasteiger partial charge in [0.2, 0.25) is 0 Å². The molecule has 162 valence electrons. The van der Waals surface area contributed by atoms with Crippen molar-refractivity contribution in [2.45, 2.75) is 83.2 Å². The van der Waals surface area contributed by atoms with E-state index in [1.165, 1.54) is 6.07 Å². The van der Waals surface area contributed by atoms with Gasteiger partial charge in [-0.05, 0) is 49.9 Å². The van der Waals surface area contributed by atoms with Crippen molar-refractivity contribution in [3.8, 4) is 11.3 Å². The van der Waals surface area contributed by atoms with Gasteiger partial charge in [0.15, 0.2) is 8.32 Å². The first kappa shape index (κ1) is 21.4. The summed E-state index contributed by atoms with van der Waals surface area (Å²) < 4.78 is 23.1. The number of fused-ring (bicyclic) bond motifs is 3. The highest BCUT2D eigenvalue weighted by Crippen LogP contribution is 2.44. The van der Waals surface area contributed by atoms with Crippen LogP contribution >= 0.6 is 0 Å². The van der Waals surface area contributed by atoms with Crippen LogP contribution in [-0.2, 0) is 9.22 Å². The minimum absolute atomic E-state index is 0.0482. The molecule has 0 amide bonds. The zero-order valence-electron chi connectivity index (χ0n) is 18.7. The van der Waals surface area contributed by atoms with Crippen molar-refractivity contribution >= 4 is 14.1 Å². The SMILES string of the molecule is CC(C)(C)[Si](C)(C)O[C@H]1CC[C@H](C(=O)CC2c3c(F)cccc3-c3cncn32)CC1. The minimum atomic E-state index is -1.79. The molecule has 1 aromatic carbocycles. The third-order valence-corrected chi connectivity index (χ3v) is 12.0. The summed E-state index contributed by atoms with van der Waals surface area (Å²) in [5, 5.41) is 0.197. The Bertz CT molecular complexity index is 939. The quantitative estimate of drug-likeness (QED) is 0.538. The molecule has 1 aromatic heterocycles. The van der Waals surface area contributed by atoms with E-state index in [0.717, 1.165) is 36.9 Å². The van der Waals surface area contributed by atoms with Gasteiger partial charge in [0, 0.05) is 29.6 Å². The largest absolute Gasteiger partial charge is 0.414 e. The Kier molecular flexibility index (Phi) is 5.52. The molecule has 1 saturated carbocycles. The standard InChI is InChI=1S/C24H33FN2O2Si/c1-24(2,3)30(4,5)29-17-11-9-16(10-12-17)22(28)13-20-23-18(7-6-8-19(23)25)21-14-26-15-27(20)21/h6-8,14-17,20H,9-13H2,1-5H3/t16-,17-,20?. The van der Waals surface area contributed by atoms with E-state index in [0.29, 0.717) is 12.0 Å². The van der Waals surface area contributed by atoms with E-state index < -0.39 is 8.32 Å². The Hall–Kier alpha value is -1.79. The van der Waals surface area contributed by atoms with E-state index >= 15 is 0 Å². The maximum Gasteiger partial charge on any atom is 0.192 e. The van der Waals surface area contributed by atoms with E-state index in [2.05, 4.69) is 38.8 Å². The highest BCUT2D eigenvalue weighted by atomic mass is 28.4. The highest BCUT2D eigenvalue weighted by Gasteiger charge is 2.41. The van der Waals surface area contributed by atoms with Gasteiger partial charge >= 0.3 is 0 Å². The van der Waals surface area contributed by atoms with Gasteiger partial charge in [0.1, 0.15) is 11.6 Å². The van der Waals surface area contributed by atoms with Crippen molar-refractivity contribution in [1.29, 1.82) is 0 Å². The molecule has 0 radical (unpaired) electrons. The van der Waals surface area contributed by atoms with Crippen LogP contribution in [0.25, 0.3) is 11.3 Å². The Morgan fingerprint density at radius 2 is 1.93 bits per heavy atom. The van der Waals surface area contributed by atoms with Crippen molar-refractivity contribution in [3.05, 3.63) is 42.1 Å². The molecule has 4 nitrogen and oxygen atoms in total. The first-order valence-electron chi connectivity index (χ1n) is 11.1. The molecular formula is C24H33FN2O2Si. The number of imidazole rings is 1. The molecule has 4 rings (SSSR count). The summed E-state index contributed by atoms with van der Waals surface area (Å²) in [6, 6.07) is 4.84. The summed E-state index contributed by atoms with van der Waals surface area (Å²) in [5.41, 5.74) is 2.39. The second-order valence-electron chi connectivity index (χ2n) is 10.4. The molecule has 2 aromatic rings. The summed E-state index contributed by atoms with van der Waals surface area (Å²) in [7, 11) is -1.79. The molecule has 6 heteroatoms. The molecule has 0 bridgehead atoms. The molecule has 1 atom stereocenters. The molecular weight excluding hydrogens is 395 g/mol. The Labute approximate surface area is 180 Å². The van der Waals surface area contributed by atoms with E-state index in [-0.39, 0.29) is 34.7 Å². The second-order valence-corrected chi connectivity index (χ2v) is 15.2. The number of Topliss-reactive ketones (excluding diaryl/α,β-unsaturated/α-hetero) is 1. The van der Waals surface area contributed by atoms with Gasteiger partial charge < -0.3 is 8.99 Å². The molecule has 1 aliphatic heterocycles. The Morgan fingerprint density at radius 3 is 2.60 bits per heavy atom. The third kappa shape index (κ3) is 3.80. The number of hydrogen-bond acceptors (Lipinski definition) is 3. The van der Waals surface area contributed by atoms with Crippen LogP contribution in [0.2, 0.25) is 18.1 Å². The molecule has 1 aliphatic carbocycles. The summed E-state index contributed by atoms with van der Waals surface area (Å²) in [6.45, 7) is 11.4. The van der Waals surface area contributed by atoms with Crippen molar-refractivity contribution in [2.24, 2.45) is 5.92 Å². The van der Waals surface area contributed by atoms with Gasteiger partial charge in [-0.1, -0.05) is 32.9 Å². The lowest BCUT2D eigenvalue weighted by atomic mass is 9.82. The average molecular weight is 429 g/mol. The number of carbonyl (C=O) groups is 1. The average Bonchev–Trinajstić information content (AvgIpc) is 3.24. The molecule has 1 fully saturated rings. The number of benzene rings is 1. The molecule has 2 aliphatic rings. The summed E-state index contributed by atoms with van der Waals surface area (Å²) in [4.78, 5) is 17.4. The van der Waals surface area contributed by atoms with Gasteiger partial charge in [0.05, 0.1) is 24.3 Å². The van der Waals surface area contributed by atoms with Crippen molar-refractivity contribution in [3.63, 3.8) is 0 Å². The molecule has 2 heterocycles. The number of nitrogens with zero attached hydrogens (tertiary/aromatic N) is 2. The van der Waals surface area contributed by atoms with Crippen LogP contribution in [-0.4, -0.2) is 29.8 Å². The predicted molar refractivity (Wildman–Crippen MR) is 119 cm³/mol. The normalized spacial score (nSPS) is 23.9. The Balaban J connectivity index is 1.41. The number of rotatable bonds is 5. The van der Waals surface area contributed by atoms with Crippen LogP contribution in [0.15, 0.2) is 30.7 Å². The van der Waals surface area contributed by atoms with Crippen LogP contribution in [0.4, 0.5) is 4.39 Å². The second kappa shape index (κ2) is 7.72. The number of halogens is 1. The fourth-order valence-electron chi connectivity index (χ4n) is 4.65. The predicted octanol–water partition coefficient (Wildman–Crippen LogP) is 6.13. The van der Waals surface area contributed by atoms with Crippen LogP contribution < -0.4 is 0 Å². The molecule has 30 heavy (non-hydrogen) atoms. The van der Waals surface area contributed by atoms with Crippen LogP contribution in [0, 0.1) is 11.7 Å². The van der Waals surface area contributed by atoms with Crippen molar-refractivity contribution < 1.29 is 13.6 Å². The first-order chi connectivity index (χ1) is 14.1. The van der Waals surface area contributed by atoms with E-state index in [4.69, 9.17) is 4.43 Å². The number of ketones is 1. The van der Waals surface area contributed by atoms with Crippen molar-refractivity contribution in [1.82, 2.24) is 9.55 Å². The van der Waals surface area contributed by atoms with Gasteiger partial charge in [-0.25, -0.2) is 9.37 Å². The van der Waals surface area contributed by atoms with E-state index in [9.17, 15) is 9.18 Å². The van der Waals surface area contributed by atoms with Crippen LogP contribution in [0.3, 0.4) is 0 Å². The number of hydrogen-bond donors (Lipinski definition) is 0. The summed E-state index contributed by atoms with van der Waals surface area (Å²) >= 11 is 0. The monoisotopic (exact) mass is 428 g/mol. The third-order valence-electron chi connectivity index (χ3n) is 7.46. The van der Waals surface area contributed by atoms with Crippen LogP contribution in [0.1, 0.15) is 64.5 Å². The maximum atomic E-state index is 14.6. The topological polar surface area (TPSA) is 44.1 Å². The zero-order chi connectivity index (χ0) is 21.7. The lowest BCUT2D eigenvalue weighted by Crippen LogP contribution is -2.45. The van der Waals surface area contributed by atoms with Gasteiger partial charge in [0.25, 0.3) is 0 Å². The molecule has 1 unspecified atom stereocenters. The fourth-order valence-corrected chi connectivity index (χ4v) is 6.08. The zero-order valence-corrected chi connectivity index (χ0v) is 19.7. The minimum Gasteiger partial charge on any atom is -0.414 e. The lowest BCUT2D eigenvalue weighted by molar-refractivity contribution is -0.124. The van der Waals surface area contributed by atoms with E-state index in [1.807, 2.05) is 10.6 Å². The molecule has 0 N–H and O–H groups in total. The van der Waals surface area contributed by atoms with Crippen LogP contribution in [0.5, 0.6) is 0 Å². The van der Waals surface area contributed by atoms with Gasteiger partial charge in [-0.2, -0.15) is 0 Å². The van der Waals surface area contributed by atoms with Gasteiger partial charge in [-0.15, -0.1) is 0 Å². The molecule has 0 saturated heterocycles. The summed E-state index contributed by atoms with van der Waals surface area (Å²) in [6.07, 6.45) is 7.68. The lowest BCUT2D eigenvalue weighted by Gasteiger charge is -2.41. The Morgan fingerprint density at radius 1 is 1.23 bits per heavy atom. The number of carbonyl (C=O) groups excluding carboxylic acids is 1. The smallest absolute Gasteiger partial charge is 0.192 e. The molecule has 0 spiro atoms. The maximum absolute atomic E-state index is 14.6. The fraction of sp³-hybridized carbons (Fsp3) is 0.583. The van der Waals surface area contributed by atoms with Crippen molar-refractivity contribution in [2.75, 3.05) is 0 Å². The first-order valence-corrected chi connectivity index (χ1v) is 14.0. The highest BCUT2D eigenvalue weighted by molar-refractivity contribution is 6.74. The van der Waals surface area contributed by atoms with Gasteiger partial charge in [-0.3, -0.25) is 4.79 Å². The number of aromatic nitrogens is 2. The van der Waals surface area contributed by atoms with E-state index in [1.54, 1.807) is 18.6 Å². The summed E-state index contributed by atoms with van der Waals surface area (Å²) in [5.74, 6) is 0.0501.